The van der Waals surface area contributed by atoms with Gasteiger partial charge in [0, 0.05) is 58.9 Å². The third-order valence-electron chi connectivity index (χ3n) is 5.15. The van der Waals surface area contributed by atoms with Crippen molar-refractivity contribution in [2.75, 3.05) is 72.6 Å². The van der Waals surface area contributed by atoms with Gasteiger partial charge in [-0.1, -0.05) is 6.92 Å². The summed E-state index contributed by atoms with van der Waals surface area (Å²) in [5, 5.41) is 9.64. The Labute approximate surface area is 164 Å². The number of amides is 1. The molecule has 8 nitrogen and oxygen atoms in total. The third-order valence-corrected chi connectivity index (χ3v) is 5.15. The van der Waals surface area contributed by atoms with Crippen LogP contribution in [0.2, 0.25) is 0 Å². The van der Waals surface area contributed by atoms with Crippen LogP contribution >= 0.6 is 0 Å². The summed E-state index contributed by atoms with van der Waals surface area (Å²) in [4.78, 5) is 21.0. The smallest absolute Gasteiger partial charge is 0.233 e. The van der Waals surface area contributed by atoms with E-state index in [0.29, 0.717) is 18.5 Å². The third kappa shape index (κ3) is 8.45. The molecule has 1 amide bonds. The number of likely N-dealkylation sites (N-methyl/N-ethyl adjacent to an activating group) is 1. The van der Waals surface area contributed by atoms with Crippen LogP contribution in [0.15, 0.2) is 4.99 Å². The number of guanidine groups is 1. The van der Waals surface area contributed by atoms with Gasteiger partial charge in [-0.2, -0.15) is 0 Å². The molecule has 1 unspecified atom stereocenters. The van der Waals surface area contributed by atoms with E-state index in [9.17, 15) is 4.79 Å². The fourth-order valence-corrected chi connectivity index (χ4v) is 3.56. The molecule has 0 radical (unpaired) electrons. The average molecular weight is 383 g/mol. The van der Waals surface area contributed by atoms with Crippen LogP contribution in [-0.4, -0.2) is 100 Å². The van der Waals surface area contributed by atoms with Crippen LogP contribution in [0.1, 0.15) is 26.7 Å². The van der Waals surface area contributed by atoms with Gasteiger partial charge in [-0.25, -0.2) is 0 Å². The molecule has 0 aromatic heterocycles. The molecule has 2 fully saturated rings. The number of hydrogen-bond acceptors (Lipinski definition) is 5. The number of carbonyl (C=O) groups is 1. The fourth-order valence-electron chi connectivity index (χ4n) is 3.56. The van der Waals surface area contributed by atoms with E-state index in [4.69, 9.17) is 9.73 Å². The molecule has 27 heavy (non-hydrogen) atoms. The van der Waals surface area contributed by atoms with Gasteiger partial charge in [0.2, 0.25) is 5.91 Å². The van der Waals surface area contributed by atoms with E-state index < -0.39 is 0 Å². The molecule has 0 spiro atoms. The molecular formula is C19H38N6O2. The summed E-state index contributed by atoms with van der Waals surface area (Å²) in [6, 6.07) is 0.415. The number of piperidine rings is 1. The van der Waals surface area contributed by atoms with Gasteiger partial charge in [0.15, 0.2) is 5.96 Å². The SMILES string of the molecule is CCNC(=NCC(C)CN1CCOCC1)NC1CCN(CC(=O)NC)CC1. The van der Waals surface area contributed by atoms with Crippen molar-refractivity contribution in [3.63, 3.8) is 0 Å². The molecule has 3 N–H and O–H groups in total. The number of nitrogens with zero attached hydrogens (tertiary/aromatic N) is 3. The first-order chi connectivity index (χ1) is 13.1. The van der Waals surface area contributed by atoms with Gasteiger partial charge in [0.1, 0.15) is 0 Å². The van der Waals surface area contributed by atoms with E-state index in [1.165, 1.54) is 0 Å². The molecular weight excluding hydrogens is 344 g/mol. The number of likely N-dealkylation sites (tertiary alicyclic amines) is 1. The summed E-state index contributed by atoms with van der Waals surface area (Å²) < 4.78 is 5.42. The molecule has 2 heterocycles. The highest BCUT2D eigenvalue weighted by molar-refractivity contribution is 5.80. The summed E-state index contributed by atoms with van der Waals surface area (Å²) in [6.45, 7) is 13.2. The van der Waals surface area contributed by atoms with Crippen molar-refractivity contribution >= 4 is 11.9 Å². The van der Waals surface area contributed by atoms with E-state index in [-0.39, 0.29) is 5.91 Å². The van der Waals surface area contributed by atoms with Crippen molar-refractivity contribution in [2.24, 2.45) is 10.9 Å². The Morgan fingerprint density at radius 3 is 2.52 bits per heavy atom. The maximum atomic E-state index is 11.5. The van der Waals surface area contributed by atoms with E-state index >= 15 is 0 Å². The Hall–Kier alpha value is -1.38. The highest BCUT2D eigenvalue weighted by atomic mass is 16.5. The number of ether oxygens (including phenoxy) is 1. The number of nitrogens with one attached hydrogen (secondary N) is 3. The quantitative estimate of drug-likeness (QED) is 0.396. The Morgan fingerprint density at radius 1 is 1.19 bits per heavy atom. The molecule has 156 valence electrons. The van der Waals surface area contributed by atoms with Gasteiger partial charge < -0.3 is 20.7 Å². The molecule has 2 rings (SSSR count). The van der Waals surface area contributed by atoms with Crippen LogP contribution in [0.3, 0.4) is 0 Å². The van der Waals surface area contributed by atoms with Crippen LogP contribution in [0.5, 0.6) is 0 Å². The van der Waals surface area contributed by atoms with E-state index in [1.807, 2.05) is 0 Å². The molecule has 2 aliphatic heterocycles. The minimum atomic E-state index is 0.0885. The largest absolute Gasteiger partial charge is 0.379 e. The summed E-state index contributed by atoms with van der Waals surface area (Å²) in [5.74, 6) is 1.52. The van der Waals surface area contributed by atoms with Crippen LogP contribution in [-0.2, 0) is 9.53 Å². The summed E-state index contributed by atoms with van der Waals surface area (Å²) in [5.41, 5.74) is 0. The zero-order valence-corrected chi connectivity index (χ0v) is 17.3. The van der Waals surface area contributed by atoms with Crippen molar-refractivity contribution in [2.45, 2.75) is 32.7 Å². The molecule has 0 aliphatic carbocycles. The Balaban J connectivity index is 1.73. The first-order valence-electron chi connectivity index (χ1n) is 10.4. The van der Waals surface area contributed by atoms with E-state index in [2.05, 4.69) is 39.6 Å². The number of carbonyl (C=O) groups excluding carboxylic acids is 1. The molecule has 1 atom stereocenters. The second kappa shape index (κ2) is 12.2. The van der Waals surface area contributed by atoms with E-state index in [0.717, 1.165) is 77.8 Å². The van der Waals surface area contributed by atoms with Gasteiger partial charge in [-0.15, -0.1) is 0 Å². The maximum absolute atomic E-state index is 11.5. The zero-order chi connectivity index (χ0) is 19.5. The van der Waals surface area contributed by atoms with Gasteiger partial charge in [-0.05, 0) is 25.7 Å². The molecule has 2 saturated heterocycles. The minimum absolute atomic E-state index is 0.0885. The molecule has 0 aromatic rings. The van der Waals surface area contributed by atoms with Crippen LogP contribution in [0.25, 0.3) is 0 Å². The lowest BCUT2D eigenvalue weighted by atomic mass is 10.1. The fraction of sp³-hybridized carbons (Fsp3) is 0.895. The second-order valence-electron chi connectivity index (χ2n) is 7.61. The number of rotatable bonds is 8. The Morgan fingerprint density at radius 2 is 1.89 bits per heavy atom. The molecule has 2 aliphatic rings. The van der Waals surface area contributed by atoms with Crippen molar-refractivity contribution in [3.8, 4) is 0 Å². The number of hydrogen-bond donors (Lipinski definition) is 3. The van der Waals surface area contributed by atoms with Gasteiger partial charge in [-0.3, -0.25) is 19.6 Å². The summed E-state index contributed by atoms with van der Waals surface area (Å²) in [6.07, 6.45) is 2.06. The molecule has 8 heteroatoms. The predicted octanol–water partition coefficient (Wildman–Crippen LogP) is -0.280. The van der Waals surface area contributed by atoms with Crippen molar-refractivity contribution in [3.05, 3.63) is 0 Å². The lowest BCUT2D eigenvalue weighted by Crippen LogP contribution is -2.50. The lowest BCUT2D eigenvalue weighted by molar-refractivity contribution is -0.122. The van der Waals surface area contributed by atoms with Gasteiger partial charge in [0.25, 0.3) is 0 Å². The highest BCUT2D eigenvalue weighted by Gasteiger charge is 2.21. The average Bonchev–Trinajstić information content (AvgIpc) is 2.68. The summed E-state index contributed by atoms with van der Waals surface area (Å²) >= 11 is 0. The van der Waals surface area contributed by atoms with E-state index in [1.54, 1.807) is 7.05 Å². The normalized spacial score (nSPS) is 21.7. The maximum Gasteiger partial charge on any atom is 0.233 e. The predicted molar refractivity (Wildman–Crippen MR) is 109 cm³/mol. The standard InChI is InChI=1S/C19H38N6O2/c1-4-21-19(22-13-16(2)14-25-9-11-27-12-10-25)23-17-5-7-24(8-6-17)15-18(26)20-3/h16-17H,4-15H2,1-3H3,(H,20,26)(H2,21,22,23). The van der Waals surface area contributed by atoms with Crippen LogP contribution < -0.4 is 16.0 Å². The molecule has 0 aromatic carbocycles. The summed E-state index contributed by atoms with van der Waals surface area (Å²) in [7, 11) is 1.69. The second-order valence-corrected chi connectivity index (χ2v) is 7.61. The van der Waals surface area contributed by atoms with Gasteiger partial charge >= 0.3 is 0 Å². The zero-order valence-electron chi connectivity index (χ0n) is 17.3. The minimum Gasteiger partial charge on any atom is -0.379 e. The number of aliphatic imine (C=N–C) groups is 1. The topological polar surface area (TPSA) is 81.2 Å². The first kappa shape index (κ1) is 21.9. The van der Waals surface area contributed by atoms with Crippen LogP contribution in [0, 0.1) is 5.92 Å². The Bertz CT molecular complexity index is 459. The van der Waals surface area contributed by atoms with Crippen molar-refractivity contribution in [1.82, 2.24) is 25.8 Å². The monoisotopic (exact) mass is 382 g/mol. The highest BCUT2D eigenvalue weighted by Crippen LogP contribution is 2.10. The molecule has 0 saturated carbocycles. The number of morpholine rings is 1. The first-order valence-corrected chi connectivity index (χ1v) is 10.4. The Kier molecular flexibility index (Phi) is 9.86. The van der Waals surface area contributed by atoms with Gasteiger partial charge in [0.05, 0.1) is 19.8 Å². The van der Waals surface area contributed by atoms with Crippen molar-refractivity contribution in [1.29, 1.82) is 0 Å². The van der Waals surface area contributed by atoms with Crippen molar-refractivity contribution < 1.29 is 9.53 Å². The van der Waals surface area contributed by atoms with Crippen LogP contribution in [0.4, 0.5) is 0 Å². The molecule has 0 bridgehead atoms. The lowest BCUT2D eigenvalue weighted by Gasteiger charge is -2.32.